The van der Waals surface area contributed by atoms with Crippen molar-refractivity contribution in [1.82, 2.24) is 0 Å². The van der Waals surface area contributed by atoms with Crippen molar-refractivity contribution >= 4 is 0 Å². The molecule has 7 atom stereocenters. The summed E-state index contributed by atoms with van der Waals surface area (Å²) < 4.78 is 0. The standard InChI is InChI=1S/C35H56O3/c1-5-6-7-8-9-10-20-35(21-22-35)33(38)18-13-25(2)30-16-17-31-27(12-11-19-34(30,31)4)14-15-28-23-29(36)24-32(37)26(28)3/h13-15,18,25,29-33,36-38H,3,5-12,16-17,19-24H2,1-2,4H3/t25-,29-,30-,31+,32+,33+,34-/m1/s1. The summed E-state index contributed by atoms with van der Waals surface area (Å²) in [6.45, 7) is 11.3. The molecule has 0 aromatic carbocycles. The highest BCUT2D eigenvalue weighted by Gasteiger charge is 2.51. The van der Waals surface area contributed by atoms with E-state index >= 15 is 0 Å². The van der Waals surface area contributed by atoms with Gasteiger partial charge in [-0.05, 0) is 97.5 Å². The van der Waals surface area contributed by atoms with Crippen molar-refractivity contribution in [3.05, 3.63) is 47.6 Å². The van der Waals surface area contributed by atoms with E-state index < -0.39 is 12.2 Å². The van der Waals surface area contributed by atoms with Gasteiger partial charge in [0.15, 0.2) is 0 Å². The van der Waals surface area contributed by atoms with E-state index in [1.54, 1.807) is 5.57 Å². The second kappa shape index (κ2) is 13.0. The van der Waals surface area contributed by atoms with Crippen LogP contribution in [0.2, 0.25) is 0 Å². The second-order valence-corrected chi connectivity index (χ2v) is 13.7. The molecule has 0 heterocycles. The van der Waals surface area contributed by atoms with Crippen molar-refractivity contribution in [2.45, 2.75) is 142 Å². The van der Waals surface area contributed by atoms with E-state index in [0.29, 0.717) is 36.0 Å². The number of aliphatic hydroxyl groups excluding tert-OH is 3. The van der Waals surface area contributed by atoms with Gasteiger partial charge in [-0.15, -0.1) is 0 Å². The van der Waals surface area contributed by atoms with Gasteiger partial charge in [0.2, 0.25) is 0 Å². The maximum Gasteiger partial charge on any atom is 0.0811 e. The molecule has 0 amide bonds. The van der Waals surface area contributed by atoms with E-state index in [9.17, 15) is 15.3 Å². The van der Waals surface area contributed by atoms with Gasteiger partial charge >= 0.3 is 0 Å². The summed E-state index contributed by atoms with van der Waals surface area (Å²) in [5, 5.41) is 31.5. The van der Waals surface area contributed by atoms with Gasteiger partial charge in [0.25, 0.3) is 0 Å². The number of allylic oxidation sites excluding steroid dienone is 4. The average Bonchev–Trinajstić information content (AvgIpc) is 3.59. The molecule has 0 aliphatic heterocycles. The van der Waals surface area contributed by atoms with Crippen LogP contribution in [0.3, 0.4) is 0 Å². The summed E-state index contributed by atoms with van der Waals surface area (Å²) in [6, 6.07) is 0. The summed E-state index contributed by atoms with van der Waals surface area (Å²) in [7, 11) is 0. The highest BCUT2D eigenvalue weighted by Crippen LogP contribution is 2.60. The first kappa shape index (κ1) is 29.8. The van der Waals surface area contributed by atoms with Crippen LogP contribution in [-0.4, -0.2) is 33.6 Å². The summed E-state index contributed by atoms with van der Waals surface area (Å²) in [6.07, 6.45) is 26.2. The Kier molecular flexibility index (Phi) is 10.2. The molecule has 0 aromatic rings. The zero-order chi connectivity index (χ0) is 27.3. The number of fused-ring (bicyclic) bond motifs is 1. The summed E-state index contributed by atoms with van der Waals surface area (Å²) in [5.74, 6) is 1.73. The first-order valence-electron chi connectivity index (χ1n) is 16.0. The first-order valence-corrected chi connectivity index (χ1v) is 16.0. The Morgan fingerprint density at radius 1 is 1.00 bits per heavy atom. The lowest BCUT2D eigenvalue weighted by Gasteiger charge is -2.44. The van der Waals surface area contributed by atoms with Crippen molar-refractivity contribution in [2.24, 2.45) is 28.6 Å². The molecular weight excluding hydrogens is 468 g/mol. The zero-order valence-corrected chi connectivity index (χ0v) is 24.6. The number of hydrogen-bond acceptors (Lipinski definition) is 3. The summed E-state index contributed by atoms with van der Waals surface area (Å²) >= 11 is 0. The number of hydrogen-bond donors (Lipinski definition) is 3. The number of aliphatic hydroxyl groups is 3. The quantitative estimate of drug-likeness (QED) is 0.178. The Hall–Kier alpha value is -1.16. The molecule has 0 aromatic heterocycles. The SMILES string of the molecule is C=C1C(=CC=C2CCC[C@]3(C)[C@@H]([C@H](C)C=C[C@H](O)C4(CCCCCCCC)CC4)CC[C@@H]23)C[C@@H](O)C[C@@H]1O. The van der Waals surface area contributed by atoms with Gasteiger partial charge in [-0.3, -0.25) is 0 Å². The molecule has 0 unspecified atom stereocenters. The van der Waals surface area contributed by atoms with Crippen molar-refractivity contribution in [2.75, 3.05) is 0 Å². The molecule has 3 nitrogen and oxygen atoms in total. The van der Waals surface area contributed by atoms with Crippen LogP contribution in [0.1, 0.15) is 124 Å². The third-order valence-electron chi connectivity index (χ3n) is 11.1. The van der Waals surface area contributed by atoms with E-state index in [-0.39, 0.29) is 11.5 Å². The van der Waals surface area contributed by atoms with Crippen LogP contribution in [-0.2, 0) is 0 Å². The van der Waals surface area contributed by atoms with E-state index in [0.717, 1.165) is 17.6 Å². The van der Waals surface area contributed by atoms with Gasteiger partial charge in [-0.1, -0.05) is 95.8 Å². The molecule has 4 aliphatic carbocycles. The van der Waals surface area contributed by atoms with E-state index in [2.05, 4.69) is 51.7 Å². The molecule has 0 radical (unpaired) electrons. The highest BCUT2D eigenvalue weighted by atomic mass is 16.3. The van der Waals surface area contributed by atoms with Crippen LogP contribution >= 0.6 is 0 Å². The largest absolute Gasteiger partial charge is 0.393 e. The molecule has 3 N–H and O–H groups in total. The topological polar surface area (TPSA) is 60.7 Å². The lowest BCUT2D eigenvalue weighted by atomic mass is 9.61. The van der Waals surface area contributed by atoms with Gasteiger partial charge in [-0.25, -0.2) is 0 Å². The minimum Gasteiger partial charge on any atom is -0.393 e. The molecule has 0 bridgehead atoms. The minimum atomic E-state index is -0.626. The normalized spacial score (nSPS) is 36.6. The fourth-order valence-electron chi connectivity index (χ4n) is 8.34. The number of rotatable bonds is 12. The smallest absolute Gasteiger partial charge is 0.0811 e. The molecule has 4 aliphatic rings. The monoisotopic (exact) mass is 524 g/mol. The van der Waals surface area contributed by atoms with Crippen LogP contribution in [0, 0.1) is 28.6 Å². The second-order valence-electron chi connectivity index (χ2n) is 13.7. The van der Waals surface area contributed by atoms with Gasteiger partial charge in [0, 0.05) is 6.42 Å². The molecule has 0 saturated heterocycles. The fourth-order valence-corrected chi connectivity index (χ4v) is 8.34. The fraction of sp³-hybridized carbons (Fsp3) is 0.771. The first-order chi connectivity index (χ1) is 18.2. The lowest BCUT2D eigenvalue weighted by Crippen LogP contribution is -2.35. The van der Waals surface area contributed by atoms with E-state index in [4.69, 9.17) is 0 Å². The Balaban J connectivity index is 1.35. The molecule has 4 rings (SSSR count). The van der Waals surface area contributed by atoms with Crippen molar-refractivity contribution in [1.29, 1.82) is 0 Å². The Bertz CT molecular complexity index is 893. The van der Waals surface area contributed by atoms with Gasteiger partial charge in [-0.2, -0.15) is 0 Å². The van der Waals surface area contributed by atoms with Crippen molar-refractivity contribution < 1.29 is 15.3 Å². The Morgan fingerprint density at radius 2 is 1.74 bits per heavy atom. The van der Waals surface area contributed by atoms with E-state index in [1.165, 1.54) is 83.5 Å². The zero-order valence-electron chi connectivity index (χ0n) is 24.6. The number of unbranched alkanes of at least 4 members (excludes halogenated alkanes) is 5. The average molecular weight is 525 g/mol. The minimum absolute atomic E-state index is 0.168. The maximum atomic E-state index is 11.1. The molecule has 3 heteroatoms. The lowest BCUT2D eigenvalue weighted by molar-refractivity contribution is 0.0862. The highest BCUT2D eigenvalue weighted by molar-refractivity contribution is 5.38. The van der Waals surface area contributed by atoms with Gasteiger partial charge in [0.05, 0.1) is 18.3 Å². The maximum absolute atomic E-state index is 11.1. The Morgan fingerprint density at radius 3 is 2.47 bits per heavy atom. The summed E-state index contributed by atoms with van der Waals surface area (Å²) in [4.78, 5) is 0. The van der Waals surface area contributed by atoms with Crippen molar-refractivity contribution in [3.63, 3.8) is 0 Å². The third kappa shape index (κ3) is 6.76. The van der Waals surface area contributed by atoms with Crippen LogP contribution in [0.15, 0.2) is 47.6 Å². The van der Waals surface area contributed by atoms with Crippen LogP contribution in [0.4, 0.5) is 0 Å². The van der Waals surface area contributed by atoms with Crippen molar-refractivity contribution in [3.8, 4) is 0 Å². The van der Waals surface area contributed by atoms with E-state index in [1.807, 2.05) is 0 Å². The van der Waals surface area contributed by atoms with Crippen LogP contribution < -0.4 is 0 Å². The predicted molar refractivity (Wildman–Crippen MR) is 159 cm³/mol. The van der Waals surface area contributed by atoms with Crippen LogP contribution in [0.5, 0.6) is 0 Å². The molecule has 0 spiro atoms. The van der Waals surface area contributed by atoms with Gasteiger partial charge < -0.3 is 15.3 Å². The third-order valence-corrected chi connectivity index (χ3v) is 11.1. The molecule has 214 valence electrons. The molecular formula is C35H56O3. The summed E-state index contributed by atoms with van der Waals surface area (Å²) in [5.41, 5.74) is 3.79. The molecule has 4 fully saturated rings. The Labute approximate surface area is 233 Å². The van der Waals surface area contributed by atoms with Crippen LogP contribution in [0.25, 0.3) is 0 Å². The molecule has 38 heavy (non-hydrogen) atoms. The van der Waals surface area contributed by atoms with Gasteiger partial charge in [0.1, 0.15) is 0 Å². The predicted octanol–water partition coefficient (Wildman–Crippen LogP) is 8.21. The molecule has 4 saturated carbocycles.